The fraction of sp³-hybridized carbons (Fsp3) is 0.176. The van der Waals surface area contributed by atoms with Crippen LogP contribution < -0.4 is 10.1 Å². The van der Waals surface area contributed by atoms with Gasteiger partial charge in [-0.25, -0.2) is 4.79 Å². The van der Waals surface area contributed by atoms with Crippen molar-refractivity contribution < 1.29 is 19.1 Å². The lowest BCUT2D eigenvalue weighted by molar-refractivity contribution is -0.155. The number of halogens is 3. The summed E-state index contributed by atoms with van der Waals surface area (Å²) < 4.78 is 10.3. The first-order valence-electron chi connectivity index (χ1n) is 7.19. The predicted molar refractivity (Wildman–Crippen MR) is 97.6 cm³/mol. The Bertz CT molecular complexity index is 782. The van der Waals surface area contributed by atoms with Gasteiger partial charge >= 0.3 is 5.97 Å². The van der Waals surface area contributed by atoms with E-state index in [0.29, 0.717) is 21.5 Å². The normalized spacial score (nSPS) is 11.5. The second-order valence-corrected chi connectivity index (χ2v) is 6.22. The van der Waals surface area contributed by atoms with E-state index in [-0.39, 0.29) is 11.6 Å². The number of hydrogen-bond acceptors (Lipinski definition) is 4. The molecule has 2 rings (SSSR count). The molecule has 8 heteroatoms. The topological polar surface area (TPSA) is 64.6 Å². The molecule has 0 aliphatic heterocycles. The lowest BCUT2D eigenvalue weighted by atomic mass is 10.3. The first-order valence-corrected chi connectivity index (χ1v) is 8.33. The van der Waals surface area contributed by atoms with Gasteiger partial charge in [-0.15, -0.1) is 0 Å². The van der Waals surface area contributed by atoms with Crippen LogP contribution in [0.2, 0.25) is 15.1 Å². The average Bonchev–Trinajstić information content (AvgIpc) is 2.56. The number of carbonyl (C=O) groups excluding carboxylic acids is 2. The van der Waals surface area contributed by atoms with Gasteiger partial charge in [0.15, 0.2) is 12.7 Å². The Balaban J connectivity index is 1.85. The van der Waals surface area contributed by atoms with Crippen molar-refractivity contribution in [1.82, 2.24) is 0 Å². The minimum atomic E-state index is -1.03. The van der Waals surface area contributed by atoms with E-state index in [9.17, 15) is 9.59 Å². The molecule has 0 spiro atoms. The third-order valence-electron chi connectivity index (χ3n) is 3.05. The Morgan fingerprint density at radius 2 is 1.80 bits per heavy atom. The van der Waals surface area contributed by atoms with Crippen LogP contribution in [0.4, 0.5) is 5.69 Å². The highest BCUT2D eigenvalue weighted by atomic mass is 35.5. The molecule has 5 nitrogen and oxygen atoms in total. The minimum Gasteiger partial charge on any atom is -0.480 e. The Morgan fingerprint density at radius 1 is 1.08 bits per heavy atom. The van der Waals surface area contributed by atoms with E-state index in [1.54, 1.807) is 36.4 Å². The number of nitrogens with one attached hydrogen (secondary N) is 1. The zero-order valence-corrected chi connectivity index (χ0v) is 15.4. The molecule has 25 heavy (non-hydrogen) atoms. The molecule has 0 aliphatic rings. The molecule has 0 saturated carbocycles. The molecule has 0 aliphatic carbocycles. The number of rotatable bonds is 6. The fourth-order valence-corrected chi connectivity index (χ4v) is 2.45. The van der Waals surface area contributed by atoms with Gasteiger partial charge in [0.1, 0.15) is 5.75 Å². The second-order valence-electron chi connectivity index (χ2n) is 4.96. The number of amides is 1. The number of benzene rings is 2. The van der Waals surface area contributed by atoms with Crippen molar-refractivity contribution in [3.05, 3.63) is 57.5 Å². The number of hydrogen-bond donors (Lipinski definition) is 1. The van der Waals surface area contributed by atoms with Crippen LogP contribution in [0.1, 0.15) is 6.92 Å². The van der Waals surface area contributed by atoms with Crippen LogP contribution in [0.25, 0.3) is 0 Å². The van der Waals surface area contributed by atoms with E-state index >= 15 is 0 Å². The maximum Gasteiger partial charge on any atom is 0.344 e. The number of anilines is 1. The molecule has 0 radical (unpaired) electrons. The molecule has 0 aromatic heterocycles. The minimum absolute atomic E-state index is 0.279. The first-order chi connectivity index (χ1) is 11.9. The molecule has 132 valence electrons. The van der Waals surface area contributed by atoms with Crippen molar-refractivity contribution in [2.45, 2.75) is 13.0 Å². The summed E-state index contributed by atoms with van der Waals surface area (Å²) in [6.07, 6.45) is -1.03. The Kier molecular flexibility index (Phi) is 6.93. The molecule has 2 aromatic rings. The van der Waals surface area contributed by atoms with Crippen LogP contribution in [-0.2, 0) is 14.3 Å². The summed E-state index contributed by atoms with van der Waals surface area (Å²) in [6.45, 7) is 1.07. The van der Waals surface area contributed by atoms with E-state index in [4.69, 9.17) is 44.3 Å². The zero-order valence-electron chi connectivity index (χ0n) is 13.1. The quantitative estimate of drug-likeness (QED) is 0.717. The Labute approximate surface area is 159 Å². The molecule has 0 fully saturated rings. The third-order valence-corrected chi connectivity index (χ3v) is 3.91. The van der Waals surface area contributed by atoms with Gasteiger partial charge in [-0.1, -0.05) is 46.9 Å². The van der Waals surface area contributed by atoms with Crippen molar-refractivity contribution >= 4 is 52.4 Å². The Morgan fingerprint density at radius 3 is 2.48 bits per heavy atom. The summed E-state index contributed by atoms with van der Waals surface area (Å²) in [5, 5.41) is 3.65. The number of ether oxygens (including phenoxy) is 2. The summed E-state index contributed by atoms with van der Waals surface area (Å²) in [6, 6.07) is 11.3. The van der Waals surface area contributed by atoms with Gasteiger partial charge in [0.2, 0.25) is 0 Å². The van der Waals surface area contributed by atoms with Crippen molar-refractivity contribution in [2.75, 3.05) is 11.9 Å². The van der Waals surface area contributed by atoms with E-state index < -0.39 is 18.0 Å². The molecule has 0 saturated heterocycles. The van der Waals surface area contributed by atoms with Gasteiger partial charge in [0.25, 0.3) is 5.91 Å². The van der Waals surface area contributed by atoms with Gasteiger partial charge < -0.3 is 14.8 Å². The van der Waals surface area contributed by atoms with Gasteiger partial charge in [-0.3, -0.25) is 4.79 Å². The molecular weight excluding hydrogens is 389 g/mol. The van der Waals surface area contributed by atoms with Crippen LogP contribution in [0, 0.1) is 0 Å². The van der Waals surface area contributed by atoms with E-state index in [1.165, 1.54) is 13.0 Å². The van der Waals surface area contributed by atoms with Crippen molar-refractivity contribution in [1.29, 1.82) is 0 Å². The Hall–Kier alpha value is -1.95. The molecule has 1 unspecified atom stereocenters. The van der Waals surface area contributed by atoms with Crippen LogP contribution in [0.5, 0.6) is 5.75 Å². The standard InChI is InChI=1S/C17H14Cl3NO4/c1-10(17(23)21-14-7-6-11(18)8-13(14)20)25-16(22)9-24-15-5-3-2-4-12(15)19/h2-8,10H,9H2,1H3,(H,21,23). The molecule has 0 heterocycles. The van der Waals surface area contributed by atoms with E-state index in [2.05, 4.69) is 5.32 Å². The zero-order chi connectivity index (χ0) is 18.4. The van der Waals surface area contributed by atoms with Crippen molar-refractivity contribution in [3.8, 4) is 5.75 Å². The summed E-state index contributed by atoms with van der Waals surface area (Å²) in [5.41, 5.74) is 0.367. The number of para-hydroxylation sites is 1. The molecule has 1 amide bonds. The van der Waals surface area contributed by atoms with Crippen LogP contribution in [0.15, 0.2) is 42.5 Å². The van der Waals surface area contributed by atoms with E-state index in [1.807, 2.05) is 0 Å². The molecule has 2 aromatic carbocycles. The molecule has 1 N–H and O–H groups in total. The second kappa shape index (κ2) is 8.94. The van der Waals surface area contributed by atoms with Gasteiger partial charge in [0.05, 0.1) is 15.7 Å². The lowest BCUT2D eigenvalue weighted by Crippen LogP contribution is -2.31. The highest BCUT2D eigenvalue weighted by molar-refractivity contribution is 6.36. The SMILES string of the molecule is CC(OC(=O)COc1ccccc1Cl)C(=O)Nc1ccc(Cl)cc1Cl. The monoisotopic (exact) mass is 401 g/mol. The summed E-state index contributed by atoms with van der Waals surface area (Å²) >= 11 is 17.7. The van der Waals surface area contributed by atoms with Crippen molar-refractivity contribution in [2.24, 2.45) is 0 Å². The van der Waals surface area contributed by atoms with E-state index in [0.717, 1.165) is 0 Å². The van der Waals surface area contributed by atoms with Crippen LogP contribution in [0.3, 0.4) is 0 Å². The lowest BCUT2D eigenvalue weighted by Gasteiger charge is -2.15. The highest BCUT2D eigenvalue weighted by Crippen LogP contribution is 2.25. The molecule has 0 bridgehead atoms. The fourth-order valence-electron chi connectivity index (χ4n) is 1.81. The average molecular weight is 403 g/mol. The largest absolute Gasteiger partial charge is 0.480 e. The van der Waals surface area contributed by atoms with Crippen LogP contribution in [-0.4, -0.2) is 24.6 Å². The molecular formula is C17H14Cl3NO4. The maximum atomic E-state index is 12.1. The van der Waals surface area contributed by atoms with Gasteiger partial charge in [-0.2, -0.15) is 0 Å². The van der Waals surface area contributed by atoms with Crippen molar-refractivity contribution in [3.63, 3.8) is 0 Å². The first kappa shape index (κ1) is 19.4. The van der Waals surface area contributed by atoms with Gasteiger partial charge in [0, 0.05) is 5.02 Å². The molecule has 1 atom stereocenters. The smallest absolute Gasteiger partial charge is 0.344 e. The summed E-state index contributed by atoms with van der Waals surface area (Å²) in [7, 11) is 0. The van der Waals surface area contributed by atoms with Crippen LogP contribution >= 0.6 is 34.8 Å². The van der Waals surface area contributed by atoms with Gasteiger partial charge in [-0.05, 0) is 37.3 Å². The summed E-state index contributed by atoms with van der Waals surface area (Å²) in [5.74, 6) is -0.883. The number of esters is 1. The third kappa shape index (κ3) is 5.81. The number of carbonyl (C=O) groups is 2. The predicted octanol–water partition coefficient (Wildman–Crippen LogP) is 4.60. The highest BCUT2D eigenvalue weighted by Gasteiger charge is 2.19. The summed E-state index contributed by atoms with van der Waals surface area (Å²) in [4.78, 5) is 23.9. The maximum absolute atomic E-state index is 12.1.